The molecule has 0 bridgehead atoms. The van der Waals surface area contributed by atoms with Gasteiger partial charge in [0.2, 0.25) is 5.89 Å². The Labute approximate surface area is 138 Å². The lowest BCUT2D eigenvalue weighted by Crippen LogP contribution is -1.91. The fourth-order valence-corrected chi connectivity index (χ4v) is 3.37. The van der Waals surface area contributed by atoms with Crippen molar-refractivity contribution in [3.8, 4) is 0 Å². The van der Waals surface area contributed by atoms with Gasteiger partial charge in [0, 0.05) is 12.0 Å². The molecule has 2 aromatic heterocycles. The number of nitrogens with zero attached hydrogens (tertiary/aromatic N) is 3. The lowest BCUT2D eigenvalue weighted by atomic mass is 10.0. The van der Waals surface area contributed by atoms with E-state index in [0.717, 1.165) is 18.0 Å². The molecule has 0 N–H and O–H groups in total. The Morgan fingerprint density at radius 3 is 2.79 bits per heavy atom. The van der Waals surface area contributed by atoms with E-state index in [4.69, 9.17) is 9.05 Å². The van der Waals surface area contributed by atoms with Crippen molar-refractivity contribution in [2.45, 2.75) is 24.7 Å². The Hall–Kier alpha value is -2.95. The predicted molar refractivity (Wildman–Crippen MR) is 87.7 cm³/mol. The van der Waals surface area contributed by atoms with Gasteiger partial charge in [-0.2, -0.15) is 4.98 Å². The largest absolute Gasteiger partial charge is 0.364 e. The van der Waals surface area contributed by atoms with Crippen LogP contribution in [-0.4, -0.2) is 15.3 Å². The molecule has 2 heterocycles. The van der Waals surface area contributed by atoms with Crippen molar-refractivity contribution >= 4 is 10.8 Å². The van der Waals surface area contributed by atoms with Crippen molar-refractivity contribution in [2.24, 2.45) is 0 Å². The minimum atomic E-state index is 0.314. The highest BCUT2D eigenvalue weighted by Crippen LogP contribution is 2.55. The molecule has 5 rings (SSSR count). The van der Waals surface area contributed by atoms with Gasteiger partial charge in [-0.1, -0.05) is 52.8 Å². The van der Waals surface area contributed by atoms with Crippen LogP contribution in [0.5, 0.6) is 0 Å². The maximum Gasteiger partial charge on any atom is 0.230 e. The number of rotatable bonds is 4. The van der Waals surface area contributed by atoms with E-state index in [1.54, 1.807) is 6.26 Å². The van der Waals surface area contributed by atoms with Gasteiger partial charge in [-0.05, 0) is 28.7 Å². The van der Waals surface area contributed by atoms with Crippen LogP contribution in [0.15, 0.2) is 63.8 Å². The van der Waals surface area contributed by atoms with Gasteiger partial charge >= 0.3 is 0 Å². The molecule has 5 heteroatoms. The zero-order valence-electron chi connectivity index (χ0n) is 12.9. The molecule has 1 aliphatic rings. The first-order valence-corrected chi connectivity index (χ1v) is 8.08. The van der Waals surface area contributed by atoms with Crippen molar-refractivity contribution in [2.75, 3.05) is 0 Å². The summed E-state index contributed by atoms with van der Waals surface area (Å²) in [6.45, 7) is 0. The van der Waals surface area contributed by atoms with Gasteiger partial charge < -0.3 is 9.05 Å². The first-order chi connectivity index (χ1) is 11.9. The summed E-state index contributed by atoms with van der Waals surface area (Å²) in [7, 11) is 0. The second kappa shape index (κ2) is 5.30. The number of fused-ring (bicyclic) bond motifs is 1. The van der Waals surface area contributed by atoms with Crippen molar-refractivity contribution < 1.29 is 9.05 Å². The molecule has 0 amide bonds. The fourth-order valence-electron chi connectivity index (χ4n) is 3.37. The molecule has 1 fully saturated rings. The molecule has 0 spiro atoms. The summed E-state index contributed by atoms with van der Waals surface area (Å²) in [6, 6.07) is 16.8. The van der Waals surface area contributed by atoms with E-state index in [1.807, 2.05) is 6.07 Å². The van der Waals surface area contributed by atoms with E-state index in [-0.39, 0.29) is 0 Å². The Morgan fingerprint density at radius 2 is 1.88 bits per heavy atom. The third-order valence-electron chi connectivity index (χ3n) is 4.64. The van der Waals surface area contributed by atoms with Crippen LogP contribution >= 0.6 is 0 Å². The van der Waals surface area contributed by atoms with Crippen LogP contribution < -0.4 is 0 Å². The smallest absolute Gasteiger partial charge is 0.230 e. The molecule has 0 saturated heterocycles. The van der Waals surface area contributed by atoms with Gasteiger partial charge in [-0.25, -0.2) is 0 Å². The lowest BCUT2D eigenvalue weighted by Gasteiger charge is -2.04. The number of benzene rings is 2. The third-order valence-corrected chi connectivity index (χ3v) is 4.64. The average Bonchev–Trinajstić information content (AvgIpc) is 3.01. The molecule has 1 aliphatic carbocycles. The highest BCUT2D eigenvalue weighted by atomic mass is 16.5. The molecule has 0 unspecified atom stereocenters. The number of aromatic nitrogens is 3. The van der Waals surface area contributed by atoms with E-state index in [9.17, 15) is 0 Å². The normalized spacial score (nSPS) is 19.7. The maximum absolute atomic E-state index is 5.48. The molecular formula is C19H15N3O2. The summed E-state index contributed by atoms with van der Waals surface area (Å²) in [4.78, 5) is 4.54. The van der Waals surface area contributed by atoms with E-state index >= 15 is 0 Å². The molecular weight excluding hydrogens is 302 g/mol. The molecule has 4 aromatic rings. The summed E-state index contributed by atoms with van der Waals surface area (Å²) >= 11 is 0. The molecule has 2 aromatic carbocycles. The quantitative estimate of drug-likeness (QED) is 0.567. The van der Waals surface area contributed by atoms with Gasteiger partial charge in [0.1, 0.15) is 6.26 Å². The summed E-state index contributed by atoms with van der Waals surface area (Å²) < 4.78 is 10.3. The molecule has 24 heavy (non-hydrogen) atoms. The fraction of sp³-hybridized carbons (Fsp3) is 0.211. The van der Waals surface area contributed by atoms with Crippen LogP contribution in [0.2, 0.25) is 0 Å². The standard InChI is InChI=1S/C19H15N3O2/c1-2-6-14-12(4-1)5-3-7-15(14)16-11-17(16)19-20-18(22-24-19)10-13-8-9-23-21-13/h1-9,16-17H,10-11H2/t16-,17-/m1/s1. The minimum Gasteiger partial charge on any atom is -0.364 e. The van der Waals surface area contributed by atoms with Crippen LogP contribution in [0.4, 0.5) is 0 Å². The SMILES string of the molecule is c1ccc2c([C@H]3C[C@H]3c3nc(Cc4ccon4)no3)cccc2c1. The van der Waals surface area contributed by atoms with E-state index in [1.165, 1.54) is 16.3 Å². The van der Waals surface area contributed by atoms with E-state index in [2.05, 4.69) is 57.8 Å². The van der Waals surface area contributed by atoms with E-state index < -0.39 is 0 Å². The molecule has 1 saturated carbocycles. The lowest BCUT2D eigenvalue weighted by molar-refractivity contribution is 0.372. The van der Waals surface area contributed by atoms with Crippen LogP contribution in [0.1, 0.15) is 41.2 Å². The second-order valence-corrected chi connectivity index (χ2v) is 6.23. The van der Waals surface area contributed by atoms with Gasteiger partial charge in [0.15, 0.2) is 5.82 Å². The van der Waals surface area contributed by atoms with Gasteiger partial charge in [-0.3, -0.25) is 0 Å². The summed E-state index contributed by atoms with van der Waals surface area (Å²) in [5.41, 5.74) is 2.18. The summed E-state index contributed by atoms with van der Waals surface area (Å²) in [5, 5.41) is 10.5. The van der Waals surface area contributed by atoms with Gasteiger partial charge in [-0.15, -0.1) is 0 Å². The second-order valence-electron chi connectivity index (χ2n) is 6.23. The minimum absolute atomic E-state index is 0.314. The van der Waals surface area contributed by atoms with Gasteiger partial charge in [0.05, 0.1) is 12.1 Å². The van der Waals surface area contributed by atoms with Crippen LogP contribution in [0, 0.1) is 0 Å². The maximum atomic E-state index is 5.48. The van der Waals surface area contributed by atoms with Crippen molar-refractivity contribution in [1.29, 1.82) is 0 Å². The van der Waals surface area contributed by atoms with Crippen molar-refractivity contribution in [3.05, 3.63) is 77.8 Å². The molecule has 5 nitrogen and oxygen atoms in total. The highest BCUT2D eigenvalue weighted by molar-refractivity contribution is 5.86. The molecule has 0 radical (unpaired) electrons. The Morgan fingerprint density at radius 1 is 0.958 bits per heavy atom. The third kappa shape index (κ3) is 2.29. The van der Waals surface area contributed by atoms with Crippen molar-refractivity contribution in [1.82, 2.24) is 15.3 Å². The van der Waals surface area contributed by atoms with Crippen LogP contribution in [0.25, 0.3) is 10.8 Å². The number of hydrogen-bond donors (Lipinski definition) is 0. The first-order valence-electron chi connectivity index (χ1n) is 8.08. The first kappa shape index (κ1) is 13.5. The highest BCUT2D eigenvalue weighted by Gasteiger charge is 2.44. The Bertz CT molecular complexity index is 985. The molecule has 2 atom stereocenters. The Balaban J connectivity index is 1.39. The van der Waals surface area contributed by atoms with Crippen LogP contribution in [-0.2, 0) is 6.42 Å². The topological polar surface area (TPSA) is 65.0 Å². The van der Waals surface area contributed by atoms with Gasteiger partial charge in [0.25, 0.3) is 0 Å². The monoisotopic (exact) mass is 317 g/mol. The molecule has 118 valence electrons. The summed E-state index contributed by atoms with van der Waals surface area (Å²) in [6.07, 6.45) is 3.14. The van der Waals surface area contributed by atoms with Crippen LogP contribution in [0.3, 0.4) is 0 Å². The zero-order chi connectivity index (χ0) is 15.9. The zero-order valence-corrected chi connectivity index (χ0v) is 12.9. The van der Waals surface area contributed by atoms with E-state index in [0.29, 0.717) is 24.1 Å². The number of hydrogen-bond acceptors (Lipinski definition) is 5. The predicted octanol–water partition coefficient (Wildman–Crippen LogP) is 4.07. The Kier molecular flexibility index (Phi) is 2.98. The van der Waals surface area contributed by atoms with Crippen molar-refractivity contribution in [3.63, 3.8) is 0 Å². The summed E-state index contributed by atoms with van der Waals surface area (Å²) in [5.74, 6) is 2.15. The molecule has 0 aliphatic heterocycles. The average molecular weight is 317 g/mol.